The zero-order chi connectivity index (χ0) is 17.8. The lowest BCUT2D eigenvalue weighted by Crippen LogP contribution is -2.33. The van der Waals surface area contributed by atoms with Crippen LogP contribution in [0.25, 0.3) is 0 Å². The number of aromatic nitrogens is 1. The highest BCUT2D eigenvalue weighted by Crippen LogP contribution is 2.35. The maximum absolute atomic E-state index is 14.1. The van der Waals surface area contributed by atoms with Gasteiger partial charge in [-0.25, -0.2) is 13.8 Å². The summed E-state index contributed by atoms with van der Waals surface area (Å²) in [5, 5.41) is 3.09. The summed E-state index contributed by atoms with van der Waals surface area (Å²) in [6.45, 7) is 4.14. The molecule has 0 aliphatic carbocycles. The lowest BCUT2D eigenvalue weighted by Gasteiger charge is -2.23. The Hall–Kier alpha value is -1.92. The topological polar surface area (TPSA) is 43.4 Å². The Balaban J connectivity index is 1.81. The van der Waals surface area contributed by atoms with Gasteiger partial charge in [-0.2, -0.15) is 0 Å². The molecule has 0 bridgehead atoms. The van der Waals surface area contributed by atoms with Gasteiger partial charge in [-0.05, 0) is 50.6 Å². The van der Waals surface area contributed by atoms with Gasteiger partial charge in [0.2, 0.25) is 5.75 Å². The number of ether oxygens (including phenoxy) is 2. The molecule has 0 spiro atoms. The predicted molar refractivity (Wildman–Crippen MR) is 91.5 cm³/mol. The molecule has 1 saturated heterocycles. The summed E-state index contributed by atoms with van der Waals surface area (Å²) in [5.41, 5.74) is 0.643. The molecule has 0 saturated carbocycles. The second kappa shape index (κ2) is 7.97. The SMILES string of the molecule is Cc1ccc(OC[C@H]2CCCNC2)c(Oc2c(F)ccc(Cl)c2F)n1. The summed E-state index contributed by atoms with van der Waals surface area (Å²) >= 11 is 5.71. The molecule has 0 radical (unpaired) electrons. The van der Waals surface area contributed by atoms with Crippen molar-refractivity contribution in [3.8, 4) is 17.4 Å². The Labute approximate surface area is 150 Å². The van der Waals surface area contributed by atoms with Gasteiger partial charge in [0.15, 0.2) is 17.4 Å². The maximum atomic E-state index is 14.1. The van der Waals surface area contributed by atoms with E-state index in [0.29, 0.717) is 24.0 Å². The van der Waals surface area contributed by atoms with Crippen LogP contribution in [0, 0.1) is 24.5 Å². The minimum atomic E-state index is -0.965. The van der Waals surface area contributed by atoms with Gasteiger partial charge in [-0.1, -0.05) is 11.6 Å². The predicted octanol–water partition coefficient (Wildman–Crippen LogP) is 4.49. The Morgan fingerprint density at radius 1 is 1.28 bits per heavy atom. The molecule has 2 heterocycles. The van der Waals surface area contributed by atoms with E-state index in [2.05, 4.69) is 10.3 Å². The number of pyridine rings is 1. The van der Waals surface area contributed by atoms with Crippen LogP contribution >= 0.6 is 11.6 Å². The molecule has 1 aromatic carbocycles. The highest BCUT2D eigenvalue weighted by molar-refractivity contribution is 6.30. The standard InChI is InChI=1S/C18H19ClF2N2O2/c1-11-4-7-15(24-10-12-3-2-8-22-9-12)18(23-11)25-17-14(20)6-5-13(19)16(17)21/h4-7,12,22H,2-3,8-10H2,1H3/t12-/m0/s1. The number of hydrogen-bond donors (Lipinski definition) is 1. The van der Waals surface area contributed by atoms with Crippen LogP contribution in [0.2, 0.25) is 5.02 Å². The van der Waals surface area contributed by atoms with Crippen molar-refractivity contribution in [2.45, 2.75) is 19.8 Å². The maximum Gasteiger partial charge on any atom is 0.262 e. The van der Waals surface area contributed by atoms with Crippen LogP contribution in [-0.2, 0) is 0 Å². The fourth-order valence-electron chi connectivity index (χ4n) is 2.68. The Morgan fingerprint density at radius 3 is 2.88 bits per heavy atom. The second-order valence-electron chi connectivity index (χ2n) is 6.05. The Kier molecular flexibility index (Phi) is 5.71. The number of rotatable bonds is 5. The summed E-state index contributed by atoms with van der Waals surface area (Å²) in [7, 11) is 0. The van der Waals surface area contributed by atoms with E-state index in [1.165, 1.54) is 0 Å². The molecule has 134 valence electrons. The minimum absolute atomic E-state index is 0.0174. The van der Waals surface area contributed by atoms with Crippen molar-refractivity contribution in [1.82, 2.24) is 10.3 Å². The number of hydrogen-bond acceptors (Lipinski definition) is 4. The monoisotopic (exact) mass is 368 g/mol. The first-order chi connectivity index (χ1) is 12.0. The van der Waals surface area contributed by atoms with Crippen molar-refractivity contribution in [3.63, 3.8) is 0 Å². The van der Waals surface area contributed by atoms with Crippen LogP contribution in [0.4, 0.5) is 8.78 Å². The van der Waals surface area contributed by atoms with Crippen molar-refractivity contribution in [1.29, 1.82) is 0 Å². The van der Waals surface area contributed by atoms with Gasteiger partial charge in [0.05, 0.1) is 11.6 Å². The van der Waals surface area contributed by atoms with E-state index >= 15 is 0 Å². The summed E-state index contributed by atoms with van der Waals surface area (Å²) < 4.78 is 39.2. The summed E-state index contributed by atoms with van der Waals surface area (Å²) in [4.78, 5) is 4.20. The molecular weight excluding hydrogens is 350 g/mol. The molecule has 0 unspecified atom stereocenters. The average molecular weight is 369 g/mol. The molecule has 1 atom stereocenters. The molecule has 1 aliphatic heterocycles. The number of aryl methyl sites for hydroxylation is 1. The zero-order valence-electron chi connectivity index (χ0n) is 13.8. The normalized spacial score (nSPS) is 17.4. The van der Waals surface area contributed by atoms with E-state index in [-0.39, 0.29) is 10.9 Å². The third-order valence-corrected chi connectivity index (χ3v) is 4.33. The van der Waals surface area contributed by atoms with Crippen LogP contribution in [0.5, 0.6) is 17.4 Å². The lowest BCUT2D eigenvalue weighted by molar-refractivity contribution is 0.211. The molecule has 1 aliphatic rings. The van der Waals surface area contributed by atoms with Crippen LogP contribution in [-0.4, -0.2) is 24.7 Å². The quantitative estimate of drug-likeness (QED) is 0.789. The van der Waals surface area contributed by atoms with Gasteiger partial charge >= 0.3 is 0 Å². The van der Waals surface area contributed by atoms with E-state index < -0.39 is 17.4 Å². The number of piperidine rings is 1. The first-order valence-electron chi connectivity index (χ1n) is 8.17. The van der Waals surface area contributed by atoms with Gasteiger partial charge < -0.3 is 14.8 Å². The largest absolute Gasteiger partial charge is 0.488 e. The number of nitrogens with zero attached hydrogens (tertiary/aromatic N) is 1. The van der Waals surface area contributed by atoms with Gasteiger partial charge in [-0.3, -0.25) is 0 Å². The fraction of sp³-hybridized carbons (Fsp3) is 0.389. The summed E-state index contributed by atoms with van der Waals surface area (Å²) in [6.07, 6.45) is 2.17. The molecule has 1 N–H and O–H groups in total. The fourth-order valence-corrected chi connectivity index (χ4v) is 2.82. The molecule has 0 amide bonds. The van der Waals surface area contributed by atoms with Crippen molar-refractivity contribution < 1.29 is 18.3 Å². The third-order valence-electron chi connectivity index (χ3n) is 4.04. The first kappa shape index (κ1) is 17.9. The number of benzene rings is 1. The molecular formula is C18H19ClF2N2O2. The molecule has 1 fully saturated rings. The van der Waals surface area contributed by atoms with E-state index in [4.69, 9.17) is 21.1 Å². The first-order valence-corrected chi connectivity index (χ1v) is 8.55. The smallest absolute Gasteiger partial charge is 0.262 e. The molecule has 3 rings (SSSR count). The summed E-state index contributed by atoms with van der Waals surface area (Å²) in [5.74, 6) is -1.67. The Morgan fingerprint density at radius 2 is 2.12 bits per heavy atom. The molecule has 25 heavy (non-hydrogen) atoms. The van der Waals surface area contributed by atoms with Gasteiger partial charge in [0, 0.05) is 18.2 Å². The Bertz CT molecular complexity index is 752. The van der Waals surface area contributed by atoms with Crippen LogP contribution < -0.4 is 14.8 Å². The van der Waals surface area contributed by atoms with E-state index in [0.717, 1.165) is 38.1 Å². The van der Waals surface area contributed by atoms with E-state index in [1.807, 2.05) is 0 Å². The summed E-state index contributed by atoms with van der Waals surface area (Å²) in [6, 6.07) is 5.63. The van der Waals surface area contributed by atoms with Crippen molar-refractivity contribution >= 4 is 11.6 Å². The van der Waals surface area contributed by atoms with Crippen LogP contribution in [0.1, 0.15) is 18.5 Å². The number of nitrogens with one attached hydrogen (secondary N) is 1. The highest BCUT2D eigenvalue weighted by Gasteiger charge is 2.20. The van der Waals surface area contributed by atoms with Crippen LogP contribution in [0.3, 0.4) is 0 Å². The molecule has 2 aromatic rings. The van der Waals surface area contributed by atoms with E-state index in [1.54, 1.807) is 19.1 Å². The third kappa shape index (κ3) is 4.38. The van der Waals surface area contributed by atoms with Gasteiger partial charge in [0.25, 0.3) is 5.88 Å². The van der Waals surface area contributed by atoms with Crippen molar-refractivity contribution in [2.75, 3.05) is 19.7 Å². The van der Waals surface area contributed by atoms with E-state index in [9.17, 15) is 8.78 Å². The van der Waals surface area contributed by atoms with Crippen molar-refractivity contribution in [2.24, 2.45) is 5.92 Å². The second-order valence-corrected chi connectivity index (χ2v) is 6.46. The number of halogens is 3. The molecule has 1 aromatic heterocycles. The average Bonchev–Trinajstić information content (AvgIpc) is 2.62. The lowest BCUT2D eigenvalue weighted by atomic mass is 10.0. The van der Waals surface area contributed by atoms with Gasteiger partial charge in [0.1, 0.15) is 0 Å². The minimum Gasteiger partial charge on any atom is -0.488 e. The molecule has 4 nitrogen and oxygen atoms in total. The highest BCUT2D eigenvalue weighted by atomic mass is 35.5. The van der Waals surface area contributed by atoms with Crippen LogP contribution in [0.15, 0.2) is 24.3 Å². The van der Waals surface area contributed by atoms with Crippen molar-refractivity contribution in [3.05, 3.63) is 46.6 Å². The zero-order valence-corrected chi connectivity index (χ0v) is 14.6. The van der Waals surface area contributed by atoms with Gasteiger partial charge in [-0.15, -0.1) is 0 Å². The molecule has 7 heteroatoms.